The number of carbonyl (C=O) groups is 1. The zero-order valence-corrected chi connectivity index (χ0v) is 15.2. The number of amides is 1. The molecule has 0 unspecified atom stereocenters. The highest BCUT2D eigenvalue weighted by Crippen LogP contribution is 2.24. The number of benzene rings is 1. The highest BCUT2D eigenvalue weighted by Gasteiger charge is 2.22. The van der Waals surface area contributed by atoms with Crippen LogP contribution in [0.25, 0.3) is 0 Å². The van der Waals surface area contributed by atoms with E-state index in [4.69, 9.17) is 4.74 Å². The van der Waals surface area contributed by atoms with E-state index in [2.05, 4.69) is 28.9 Å². The van der Waals surface area contributed by atoms with Gasteiger partial charge in [-0.3, -0.25) is 4.79 Å². The van der Waals surface area contributed by atoms with E-state index in [0.717, 1.165) is 35.1 Å². The summed E-state index contributed by atoms with van der Waals surface area (Å²) in [6.45, 7) is 9.28. The first-order valence-corrected chi connectivity index (χ1v) is 9.05. The summed E-state index contributed by atoms with van der Waals surface area (Å²) in [6.07, 6.45) is 1.82. The molecule has 1 saturated heterocycles. The van der Waals surface area contributed by atoms with E-state index in [1.165, 1.54) is 5.56 Å². The van der Waals surface area contributed by atoms with Crippen LogP contribution in [-0.4, -0.2) is 48.6 Å². The number of ether oxygens (including phenoxy) is 1. The SMILES string of the molecule is Cc1cc(C)c(OCC(=O)N2CCN(c3nccs3)CC2)c(C)c1. The minimum atomic E-state index is 0.0492. The Labute approximate surface area is 146 Å². The van der Waals surface area contributed by atoms with Gasteiger partial charge in [0.15, 0.2) is 11.7 Å². The van der Waals surface area contributed by atoms with Crippen molar-refractivity contribution < 1.29 is 9.53 Å². The lowest BCUT2D eigenvalue weighted by molar-refractivity contribution is -0.133. The molecule has 0 aliphatic carbocycles. The van der Waals surface area contributed by atoms with Gasteiger partial charge in [0, 0.05) is 37.8 Å². The Morgan fingerprint density at radius 2 is 1.83 bits per heavy atom. The van der Waals surface area contributed by atoms with Crippen molar-refractivity contribution >= 4 is 22.4 Å². The Morgan fingerprint density at radius 3 is 2.42 bits per heavy atom. The fraction of sp³-hybridized carbons (Fsp3) is 0.444. The highest BCUT2D eigenvalue weighted by atomic mass is 32.1. The number of anilines is 1. The molecule has 5 nitrogen and oxygen atoms in total. The summed E-state index contributed by atoms with van der Waals surface area (Å²) in [4.78, 5) is 20.9. The summed E-state index contributed by atoms with van der Waals surface area (Å²) in [5.41, 5.74) is 3.37. The molecule has 1 amide bonds. The Bertz CT molecular complexity index is 684. The van der Waals surface area contributed by atoms with Gasteiger partial charge in [-0.2, -0.15) is 0 Å². The molecule has 128 valence electrons. The number of hydrogen-bond acceptors (Lipinski definition) is 5. The average Bonchev–Trinajstić information content (AvgIpc) is 3.08. The Morgan fingerprint density at radius 1 is 1.17 bits per heavy atom. The van der Waals surface area contributed by atoms with Crippen molar-refractivity contribution in [3.63, 3.8) is 0 Å². The van der Waals surface area contributed by atoms with Crippen molar-refractivity contribution in [2.45, 2.75) is 20.8 Å². The lowest BCUT2D eigenvalue weighted by Gasteiger charge is -2.34. The number of nitrogens with zero attached hydrogens (tertiary/aromatic N) is 3. The third-order valence-electron chi connectivity index (χ3n) is 4.27. The number of thiazole rings is 1. The molecular formula is C18H23N3O2S. The van der Waals surface area contributed by atoms with Gasteiger partial charge in [-0.25, -0.2) is 4.98 Å². The van der Waals surface area contributed by atoms with Gasteiger partial charge in [0.2, 0.25) is 0 Å². The molecule has 24 heavy (non-hydrogen) atoms. The minimum Gasteiger partial charge on any atom is -0.483 e. The summed E-state index contributed by atoms with van der Waals surface area (Å²) in [6, 6.07) is 4.17. The van der Waals surface area contributed by atoms with Crippen LogP contribution in [0.5, 0.6) is 5.75 Å². The minimum absolute atomic E-state index is 0.0492. The largest absolute Gasteiger partial charge is 0.483 e. The van der Waals surface area contributed by atoms with Gasteiger partial charge in [-0.1, -0.05) is 17.7 Å². The van der Waals surface area contributed by atoms with Crippen molar-refractivity contribution in [3.8, 4) is 5.75 Å². The van der Waals surface area contributed by atoms with Crippen molar-refractivity contribution in [2.75, 3.05) is 37.7 Å². The predicted octanol–water partition coefficient (Wildman–Crippen LogP) is 2.80. The first kappa shape index (κ1) is 16.8. The summed E-state index contributed by atoms with van der Waals surface area (Å²) in [7, 11) is 0. The molecule has 0 atom stereocenters. The third-order valence-corrected chi connectivity index (χ3v) is 5.10. The zero-order valence-electron chi connectivity index (χ0n) is 14.4. The average molecular weight is 345 g/mol. The van der Waals surface area contributed by atoms with Gasteiger partial charge in [-0.15, -0.1) is 11.3 Å². The van der Waals surface area contributed by atoms with Gasteiger partial charge in [-0.05, 0) is 31.9 Å². The topological polar surface area (TPSA) is 45.7 Å². The van der Waals surface area contributed by atoms with Crippen LogP contribution in [0.2, 0.25) is 0 Å². The smallest absolute Gasteiger partial charge is 0.260 e. The molecule has 0 saturated carbocycles. The van der Waals surface area contributed by atoms with Crippen molar-refractivity contribution in [3.05, 3.63) is 40.4 Å². The van der Waals surface area contributed by atoms with Crippen LogP contribution in [-0.2, 0) is 4.79 Å². The van der Waals surface area contributed by atoms with E-state index in [-0.39, 0.29) is 12.5 Å². The molecule has 3 rings (SSSR count). The number of aryl methyl sites for hydroxylation is 3. The lowest BCUT2D eigenvalue weighted by atomic mass is 10.1. The Kier molecular flexibility index (Phi) is 5.04. The van der Waals surface area contributed by atoms with Crippen molar-refractivity contribution in [1.29, 1.82) is 0 Å². The normalized spacial score (nSPS) is 14.8. The van der Waals surface area contributed by atoms with Gasteiger partial charge >= 0.3 is 0 Å². The van der Waals surface area contributed by atoms with Crippen LogP contribution in [0.1, 0.15) is 16.7 Å². The Balaban J connectivity index is 1.53. The van der Waals surface area contributed by atoms with Gasteiger partial charge in [0.25, 0.3) is 5.91 Å². The second-order valence-electron chi connectivity index (χ2n) is 6.20. The maximum Gasteiger partial charge on any atom is 0.260 e. The first-order chi connectivity index (χ1) is 11.5. The van der Waals surface area contributed by atoms with E-state index < -0.39 is 0 Å². The van der Waals surface area contributed by atoms with Crippen molar-refractivity contribution in [1.82, 2.24) is 9.88 Å². The predicted molar refractivity (Wildman–Crippen MR) is 97.1 cm³/mol. The fourth-order valence-electron chi connectivity index (χ4n) is 3.14. The van der Waals surface area contributed by atoms with E-state index in [1.54, 1.807) is 11.3 Å². The Hall–Kier alpha value is -2.08. The molecule has 1 aliphatic rings. The summed E-state index contributed by atoms with van der Waals surface area (Å²) >= 11 is 1.64. The second kappa shape index (κ2) is 7.21. The van der Waals surface area contributed by atoms with Gasteiger partial charge in [0.1, 0.15) is 5.75 Å². The van der Waals surface area contributed by atoms with Crippen LogP contribution in [0.4, 0.5) is 5.13 Å². The van der Waals surface area contributed by atoms with E-state index in [0.29, 0.717) is 13.1 Å². The first-order valence-electron chi connectivity index (χ1n) is 8.17. The molecule has 1 fully saturated rings. The standard InChI is InChI=1S/C18H23N3O2S/c1-13-10-14(2)17(15(3)11-13)23-12-16(22)20-5-7-21(8-6-20)18-19-4-9-24-18/h4,9-11H,5-8,12H2,1-3H3. The van der Waals surface area contributed by atoms with E-state index in [9.17, 15) is 4.79 Å². The maximum absolute atomic E-state index is 12.4. The number of aromatic nitrogens is 1. The maximum atomic E-state index is 12.4. The molecule has 2 aromatic rings. The number of carbonyl (C=O) groups excluding carboxylic acids is 1. The number of rotatable bonds is 4. The van der Waals surface area contributed by atoms with Crippen LogP contribution >= 0.6 is 11.3 Å². The number of piperazine rings is 1. The van der Waals surface area contributed by atoms with Crippen molar-refractivity contribution in [2.24, 2.45) is 0 Å². The summed E-state index contributed by atoms with van der Waals surface area (Å²) < 4.78 is 5.82. The second-order valence-corrected chi connectivity index (χ2v) is 7.07. The van der Waals surface area contributed by atoms with Crippen LogP contribution in [0.15, 0.2) is 23.7 Å². The molecule has 1 aromatic heterocycles. The molecule has 1 aliphatic heterocycles. The molecular weight excluding hydrogens is 322 g/mol. The fourth-order valence-corrected chi connectivity index (χ4v) is 3.84. The van der Waals surface area contributed by atoms with E-state index >= 15 is 0 Å². The number of hydrogen-bond donors (Lipinski definition) is 0. The molecule has 6 heteroatoms. The monoisotopic (exact) mass is 345 g/mol. The molecule has 1 aromatic carbocycles. The summed E-state index contributed by atoms with van der Waals surface area (Å²) in [5, 5.41) is 3.01. The lowest BCUT2D eigenvalue weighted by Crippen LogP contribution is -2.50. The van der Waals surface area contributed by atoms with Gasteiger partial charge in [0.05, 0.1) is 0 Å². The van der Waals surface area contributed by atoms with Crippen LogP contribution in [0.3, 0.4) is 0 Å². The highest BCUT2D eigenvalue weighted by molar-refractivity contribution is 7.13. The summed E-state index contributed by atoms with van der Waals surface area (Å²) in [5.74, 6) is 0.878. The molecule has 0 bridgehead atoms. The zero-order chi connectivity index (χ0) is 17.1. The molecule has 2 heterocycles. The van der Waals surface area contributed by atoms with Crippen LogP contribution < -0.4 is 9.64 Å². The molecule has 0 N–H and O–H groups in total. The van der Waals surface area contributed by atoms with Crippen LogP contribution in [0, 0.1) is 20.8 Å². The van der Waals surface area contributed by atoms with E-state index in [1.807, 2.05) is 30.3 Å². The molecule has 0 radical (unpaired) electrons. The third kappa shape index (κ3) is 3.70. The molecule has 0 spiro atoms. The quantitative estimate of drug-likeness (QED) is 0.855. The van der Waals surface area contributed by atoms with Gasteiger partial charge < -0.3 is 14.5 Å².